The van der Waals surface area contributed by atoms with Crippen LogP contribution in [0.2, 0.25) is 0 Å². The zero-order valence-electron chi connectivity index (χ0n) is 19.2. The summed E-state index contributed by atoms with van der Waals surface area (Å²) in [5, 5.41) is 7.47. The van der Waals surface area contributed by atoms with Crippen molar-refractivity contribution in [2.24, 2.45) is 0 Å². The molecule has 1 saturated heterocycles. The van der Waals surface area contributed by atoms with Gasteiger partial charge in [0.25, 0.3) is 11.8 Å². The molecule has 0 aliphatic carbocycles. The number of amides is 5. The number of urea groups is 1. The molecule has 3 N–H and O–H groups in total. The first kappa shape index (κ1) is 25.6. The number of halogens is 2. The third kappa shape index (κ3) is 6.58. The Hall–Kier alpha value is -4.51. The van der Waals surface area contributed by atoms with E-state index in [0.717, 1.165) is 4.90 Å². The van der Waals surface area contributed by atoms with E-state index in [1.807, 2.05) is 6.07 Å². The van der Waals surface area contributed by atoms with Crippen molar-refractivity contribution in [3.05, 3.63) is 94.3 Å². The molecule has 37 heavy (non-hydrogen) atoms. The Labute approximate surface area is 219 Å². The van der Waals surface area contributed by atoms with Crippen LogP contribution in [-0.2, 0) is 14.4 Å². The molecule has 188 valence electrons. The van der Waals surface area contributed by atoms with Crippen molar-refractivity contribution in [1.82, 2.24) is 10.2 Å². The van der Waals surface area contributed by atoms with E-state index in [9.17, 15) is 23.6 Å². The molecule has 5 amide bonds. The molecule has 11 heteroatoms. The lowest BCUT2D eigenvalue weighted by molar-refractivity contribution is -0.127. The minimum atomic E-state index is -0.775. The average molecular weight is 567 g/mol. The Kier molecular flexibility index (Phi) is 7.94. The average Bonchev–Trinajstić information content (AvgIpc) is 3.12. The number of carbonyl (C=O) groups is 4. The molecule has 3 aromatic rings. The maximum absolute atomic E-state index is 13.7. The molecule has 0 saturated carbocycles. The lowest BCUT2D eigenvalue weighted by atomic mass is 10.2. The van der Waals surface area contributed by atoms with Crippen LogP contribution in [0.15, 0.2) is 83.0 Å². The number of nitrogens with zero attached hydrogens (tertiary/aromatic N) is 1. The third-order valence-electron chi connectivity index (χ3n) is 5.10. The summed E-state index contributed by atoms with van der Waals surface area (Å²) >= 11 is 3.37. The fourth-order valence-corrected chi connectivity index (χ4v) is 3.87. The lowest BCUT2D eigenvalue weighted by Gasteiger charge is -2.12. The van der Waals surface area contributed by atoms with E-state index in [1.54, 1.807) is 48.5 Å². The van der Waals surface area contributed by atoms with E-state index in [1.165, 1.54) is 24.3 Å². The van der Waals surface area contributed by atoms with Gasteiger partial charge in [0.2, 0.25) is 5.91 Å². The molecule has 0 bridgehead atoms. The molecule has 9 nitrogen and oxygen atoms in total. The molecule has 4 rings (SSSR count). The Bertz CT molecular complexity index is 1400. The quantitative estimate of drug-likeness (QED) is 0.280. The number of para-hydroxylation sites is 2. The number of hydrogen-bond acceptors (Lipinski definition) is 5. The van der Waals surface area contributed by atoms with E-state index < -0.39 is 30.2 Å². The predicted molar refractivity (Wildman–Crippen MR) is 138 cm³/mol. The number of carbonyl (C=O) groups excluding carboxylic acids is 4. The zero-order chi connectivity index (χ0) is 26.4. The molecule has 3 aromatic carbocycles. The van der Waals surface area contributed by atoms with E-state index in [2.05, 4.69) is 31.9 Å². The standard InChI is InChI=1S/C26H20BrFN4O5/c27-18-12-16(10-11-22(18)37-15-24(34)29-17-6-2-1-3-7-17)13-21-25(35)32(26(36)31-21)14-23(33)30-20-9-5-4-8-19(20)28/h1-13H,14-15H2,(H,29,34)(H,30,33)(H,31,36)/b21-13+. The van der Waals surface area contributed by atoms with Crippen LogP contribution < -0.4 is 20.7 Å². The summed E-state index contributed by atoms with van der Waals surface area (Å²) in [4.78, 5) is 50.0. The van der Waals surface area contributed by atoms with Gasteiger partial charge in [0, 0.05) is 5.69 Å². The summed E-state index contributed by atoms with van der Waals surface area (Å²) in [6.45, 7) is -0.801. The molecule has 1 fully saturated rings. The number of imide groups is 1. The number of rotatable bonds is 8. The van der Waals surface area contributed by atoms with Crippen LogP contribution in [0.5, 0.6) is 5.75 Å². The second-order valence-electron chi connectivity index (χ2n) is 7.80. The molecular formula is C26H20BrFN4O5. The largest absolute Gasteiger partial charge is 0.483 e. The molecule has 0 unspecified atom stereocenters. The number of benzene rings is 3. The van der Waals surface area contributed by atoms with E-state index in [4.69, 9.17) is 4.74 Å². The predicted octanol–water partition coefficient (Wildman–Crippen LogP) is 4.14. The van der Waals surface area contributed by atoms with Gasteiger partial charge in [-0.2, -0.15) is 0 Å². The van der Waals surface area contributed by atoms with Gasteiger partial charge in [0.05, 0.1) is 10.2 Å². The van der Waals surface area contributed by atoms with Crippen LogP contribution in [0.3, 0.4) is 0 Å². The molecule has 0 atom stereocenters. The van der Waals surface area contributed by atoms with Gasteiger partial charge in [-0.05, 0) is 64.0 Å². The smallest absolute Gasteiger partial charge is 0.329 e. The number of ether oxygens (including phenoxy) is 1. The van der Waals surface area contributed by atoms with E-state index in [0.29, 0.717) is 21.5 Å². The molecule has 0 radical (unpaired) electrons. The van der Waals surface area contributed by atoms with Gasteiger partial charge in [-0.15, -0.1) is 0 Å². The minimum Gasteiger partial charge on any atom is -0.483 e. The summed E-state index contributed by atoms with van der Waals surface area (Å²) in [5.74, 6) is -2.00. The Balaban J connectivity index is 1.36. The highest BCUT2D eigenvalue weighted by molar-refractivity contribution is 9.10. The summed E-state index contributed by atoms with van der Waals surface area (Å²) < 4.78 is 19.8. The van der Waals surface area contributed by atoms with Crippen molar-refractivity contribution in [3.63, 3.8) is 0 Å². The molecule has 1 heterocycles. The van der Waals surface area contributed by atoms with Crippen LogP contribution in [0, 0.1) is 5.82 Å². The fraction of sp³-hybridized carbons (Fsp3) is 0.0769. The molecule has 1 aliphatic rings. The second kappa shape index (κ2) is 11.5. The highest BCUT2D eigenvalue weighted by Gasteiger charge is 2.35. The van der Waals surface area contributed by atoms with Crippen molar-refractivity contribution in [2.45, 2.75) is 0 Å². The topological polar surface area (TPSA) is 117 Å². The monoisotopic (exact) mass is 566 g/mol. The SMILES string of the molecule is O=C(COc1ccc(/C=C2/NC(=O)N(CC(=O)Nc3ccccc3F)C2=O)cc1Br)Nc1ccccc1. The van der Waals surface area contributed by atoms with Gasteiger partial charge < -0.3 is 20.7 Å². The summed E-state index contributed by atoms with van der Waals surface area (Å²) in [5.41, 5.74) is 1.11. The van der Waals surface area contributed by atoms with Crippen molar-refractivity contribution in [1.29, 1.82) is 0 Å². The first-order valence-electron chi connectivity index (χ1n) is 11.0. The molecule has 1 aliphatic heterocycles. The normalized spacial score (nSPS) is 13.9. The van der Waals surface area contributed by atoms with E-state index >= 15 is 0 Å². The highest BCUT2D eigenvalue weighted by atomic mass is 79.9. The van der Waals surface area contributed by atoms with Crippen molar-refractivity contribution in [2.75, 3.05) is 23.8 Å². The molecular weight excluding hydrogens is 547 g/mol. The van der Waals surface area contributed by atoms with Crippen molar-refractivity contribution < 1.29 is 28.3 Å². The van der Waals surface area contributed by atoms with Crippen molar-refractivity contribution in [3.8, 4) is 5.75 Å². The van der Waals surface area contributed by atoms with E-state index in [-0.39, 0.29) is 23.9 Å². The maximum atomic E-state index is 13.7. The zero-order valence-corrected chi connectivity index (χ0v) is 20.8. The summed E-state index contributed by atoms with van der Waals surface area (Å²) in [7, 11) is 0. The van der Waals surface area contributed by atoms with Gasteiger partial charge in [-0.3, -0.25) is 14.4 Å². The number of nitrogens with one attached hydrogen (secondary N) is 3. The lowest BCUT2D eigenvalue weighted by Crippen LogP contribution is -2.38. The summed E-state index contributed by atoms with van der Waals surface area (Å²) in [6, 6.07) is 18.6. The van der Waals surface area contributed by atoms with Gasteiger partial charge >= 0.3 is 6.03 Å². The van der Waals surface area contributed by atoms with Crippen LogP contribution >= 0.6 is 15.9 Å². The van der Waals surface area contributed by atoms with Crippen LogP contribution in [0.25, 0.3) is 6.08 Å². The Morgan fingerprint density at radius 2 is 1.70 bits per heavy atom. The Morgan fingerprint density at radius 3 is 2.43 bits per heavy atom. The Morgan fingerprint density at radius 1 is 0.973 bits per heavy atom. The minimum absolute atomic E-state index is 0.0356. The second-order valence-corrected chi connectivity index (χ2v) is 8.65. The third-order valence-corrected chi connectivity index (χ3v) is 5.71. The molecule has 0 aromatic heterocycles. The summed E-state index contributed by atoms with van der Waals surface area (Å²) in [6.07, 6.45) is 1.44. The van der Waals surface area contributed by atoms with Gasteiger partial charge in [-0.1, -0.05) is 36.4 Å². The van der Waals surface area contributed by atoms with Crippen LogP contribution in [-0.4, -0.2) is 41.8 Å². The highest BCUT2D eigenvalue weighted by Crippen LogP contribution is 2.27. The van der Waals surface area contributed by atoms with Crippen LogP contribution in [0.1, 0.15) is 5.56 Å². The van der Waals surface area contributed by atoms with Gasteiger partial charge in [-0.25, -0.2) is 14.1 Å². The van der Waals surface area contributed by atoms with Crippen molar-refractivity contribution >= 4 is 57.1 Å². The number of anilines is 2. The van der Waals surface area contributed by atoms with Crippen LogP contribution in [0.4, 0.5) is 20.6 Å². The maximum Gasteiger partial charge on any atom is 0.329 e. The first-order valence-corrected chi connectivity index (χ1v) is 11.8. The van der Waals surface area contributed by atoms with Gasteiger partial charge in [0.1, 0.15) is 23.8 Å². The fourth-order valence-electron chi connectivity index (χ4n) is 3.36. The molecule has 0 spiro atoms. The first-order chi connectivity index (χ1) is 17.8. The van der Waals surface area contributed by atoms with Gasteiger partial charge in [0.15, 0.2) is 6.61 Å². The number of hydrogen-bond donors (Lipinski definition) is 3.